The topological polar surface area (TPSA) is 77.1 Å². The number of rotatable bonds is 5. The number of nitrogens with one attached hydrogen (secondary N) is 1. The highest BCUT2D eigenvalue weighted by molar-refractivity contribution is 6.05. The minimum absolute atomic E-state index is 0.0832. The highest BCUT2D eigenvalue weighted by atomic mass is 16.5. The summed E-state index contributed by atoms with van der Waals surface area (Å²) in [6.45, 7) is 1.75. The van der Waals surface area contributed by atoms with Crippen LogP contribution in [0.25, 0.3) is 0 Å². The number of benzene rings is 2. The number of amides is 2. The molecule has 1 aliphatic heterocycles. The van der Waals surface area contributed by atoms with E-state index in [1.165, 1.54) is 12.0 Å². The molecule has 0 aromatic heterocycles. The minimum atomic E-state index is -0.320. The van der Waals surface area contributed by atoms with Gasteiger partial charge in [0.05, 0.1) is 19.9 Å². The van der Waals surface area contributed by atoms with E-state index in [0.29, 0.717) is 28.6 Å². The predicted octanol–water partition coefficient (Wildman–Crippen LogP) is 2.38. The summed E-state index contributed by atoms with van der Waals surface area (Å²) in [6.07, 6.45) is 0. The van der Waals surface area contributed by atoms with E-state index in [1.807, 2.05) is 19.1 Å². The molecule has 2 aromatic carbocycles. The molecule has 7 nitrogen and oxygen atoms in total. The normalized spacial score (nSPS) is 12.9. The second-order valence-corrected chi connectivity index (χ2v) is 5.86. The molecule has 3 rings (SSSR count). The SMILES string of the molecule is COc1ccc(NC(=O)CN2C(=O)COc3cc(C)ccc32)cc1OC. The first-order valence-electron chi connectivity index (χ1n) is 8.07. The molecule has 0 spiro atoms. The van der Waals surface area contributed by atoms with Crippen LogP contribution in [-0.2, 0) is 9.59 Å². The average molecular weight is 356 g/mol. The lowest BCUT2D eigenvalue weighted by atomic mass is 10.1. The molecular weight excluding hydrogens is 336 g/mol. The molecule has 0 aliphatic carbocycles. The van der Waals surface area contributed by atoms with Crippen molar-refractivity contribution in [1.82, 2.24) is 0 Å². The standard InChI is InChI=1S/C19H20N2O5/c1-12-4-6-14-16(8-12)26-11-19(23)21(14)10-18(22)20-13-5-7-15(24-2)17(9-13)25-3/h4-9H,10-11H2,1-3H3,(H,20,22). The largest absolute Gasteiger partial charge is 0.493 e. The first kappa shape index (κ1) is 17.6. The van der Waals surface area contributed by atoms with Crippen LogP contribution < -0.4 is 24.4 Å². The van der Waals surface area contributed by atoms with Gasteiger partial charge in [0.15, 0.2) is 18.1 Å². The van der Waals surface area contributed by atoms with E-state index in [9.17, 15) is 9.59 Å². The van der Waals surface area contributed by atoms with Crippen molar-refractivity contribution in [3.8, 4) is 17.2 Å². The Morgan fingerprint density at radius 3 is 2.65 bits per heavy atom. The molecule has 0 bridgehead atoms. The molecule has 0 atom stereocenters. The molecule has 1 aliphatic rings. The van der Waals surface area contributed by atoms with Gasteiger partial charge in [-0.05, 0) is 36.8 Å². The third-order valence-corrected chi connectivity index (χ3v) is 4.03. The zero-order valence-electron chi connectivity index (χ0n) is 14.9. The van der Waals surface area contributed by atoms with Crippen molar-refractivity contribution in [3.05, 3.63) is 42.0 Å². The molecule has 2 amide bonds. The summed E-state index contributed by atoms with van der Waals surface area (Å²) in [5, 5.41) is 2.77. The number of aryl methyl sites for hydroxylation is 1. The van der Waals surface area contributed by atoms with Crippen molar-refractivity contribution in [2.24, 2.45) is 0 Å². The number of hydrogen-bond acceptors (Lipinski definition) is 5. The van der Waals surface area contributed by atoms with Gasteiger partial charge in [0.2, 0.25) is 5.91 Å². The van der Waals surface area contributed by atoms with Gasteiger partial charge in [-0.1, -0.05) is 6.07 Å². The molecule has 0 fully saturated rings. The Hall–Kier alpha value is -3.22. The maximum Gasteiger partial charge on any atom is 0.265 e. The second kappa shape index (κ2) is 7.35. The van der Waals surface area contributed by atoms with Crippen molar-refractivity contribution in [2.75, 3.05) is 37.6 Å². The fourth-order valence-corrected chi connectivity index (χ4v) is 2.74. The summed E-state index contributed by atoms with van der Waals surface area (Å²) < 4.78 is 15.9. The van der Waals surface area contributed by atoms with E-state index < -0.39 is 0 Å². The van der Waals surface area contributed by atoms with Gasteiger partial charge in [-0.3, -0.25) is 14.5 Å². The molecule has 1 heterocycles. The van der Waals surface area contributed by atoms with E-state index in [4.69, 9.17) is 14.2 Å². The molecule has 0 unspecified atom stereocenters. The van der Waals surface area contributed by atoms with Crippen molar-refractivity contribution in [3.63, 3.8) is 0 Å². The number of methoxy groups -OCH3 is 2. The predicted molar refractivity (Wildman–Crippen MR) is 97.2 cm³/mol. The Balaban J connectivity index is 1.75. The Morgan fingerprint density at radius 2 is 1.92 bits per heavy atom. The van der Waals surface area contributed by atoms with Gasteiger partial charge in [-0.25, -0.2) is 0 Å². The lowest BCUT2D eigenvalue weighted by molar-refractivity contribution is -0.123. The Kier molecular flexibility index (Phi) is 4.97. The fraction of sp³-hybridized carbons (Fsp3) is 0.263. The van der Waals surface area contributed by atoms with Crippen molar-refractivity contribution in [1.29, 1.82) is 0 Å². The minimum Gasteiger partial charge on any atom is -0.493 e. The summed E-state index contributed by atoms with van der Waals surface area (Å²) >= 11 is 0. The van der Waals surface area contributed by atoms with Crippen LogP contribution in [0.5, 0.6) is 17.2 Å². The Morgan fingerprint density at radius 1 is 1.15 bits per heavy atom. The van der Waals surface area contributed by atoms with Crippen molar-refractivity contribution in [2.45, 2.75) is 6.92 Å². The van der Waals surface area contributed by atoms with E-state index in [0.717, 1.165) is 5.56 Å². The third-order valence-electron chi connectivity index (χ3n) is 4.03. The summed E-state index contributed by atoms with van der Waals surface area (Å²) in [5.41, 5.74) is 2.17. The maximum atomic E-state index is 12.4. The summed E-state index contributed by atoms with van der Waals surface area (Å²) in [7, 11) is 3.06. The average Bonchev–Trinajstić information content (AvgIpc) is 2.64. The number of ether oxygens (including phenoxy) is 3. The highest BCUT2D eigenvalue weighted by Crippen LogP contribution is 2.33. The van der Waals surface area contributed by atoms with Crippen LogP contribution in [0.3, 0.4) is 0 Å². The van der Waals surface area contributed by atoms with Gasteiger partial charge in [0, 0.05) is 11.8 Å². The lowest BCUT2D eigenvalue weighted by Crippen LogP contribution is -2.43. The summed E-state index contributed by atoms with van der Waals surface area (Å²) in [6, 6.07) is 10.6. The first-order valence-corrected chi connectivity index (χ1v) is 8.07. The Labute approximate surface area is 151 Å². The lowest BCUT2D eigenvalue weighted by Gasteiger charge is -2.29. The van der Waals surface area contributed by atoms with Crippen LogP contribution >= 0.6 is 0 Å². The molecule has 0 saturated carbocycles. The van der Waals surface area contributed by atoms with E-state index in [-0.39, 0.29) is 25.0 Å². The maximum absolute atomic E-state index is 12.4. The number of fused-ring (bicyclic) bond motifs is 1. The fourth-order valence-electron chi connectivity index (χ4n) is 2.74. The summed E-state index contributed by atoms with van der Waals surface area (Å²) in [5.74, 6) is 1.10. The van der Waals surface area contributed by atoms with E-state index >= 15 is 0 Å². The van der Waals surface area contributed by atoms with Crippen LogP contribution in [0.15, 0.2) is 36.4 Å². The van der Waals surface area contributed by atoms with E-state index in [1.54, 1.807) is 31.4 Å². The highest BCUT2D eigenvalue weighted by Gasteiger charge is 2.27. The molecule has 2 aromatic rings. The second-order valence-electron chi connectivity index (χ2n) is 5.86. The van der Waals surface area contributed by atoms with Crippen LogP contribution in [0.1, 0.15) is 5.56 Å². The zero-order valence-corrected chi connectivity index (χ0v) is 14.9. The van der Waals surface area contributed by atoms with Crippen LogP contribution in [0.2, 0.25) is 0 Å². The zero-order chi connectivity index (χ0) is 18.7. The number of carbonyl (C=O) groups is 2. The van der Waals surface area contributed by atoms with Gasteiger partial charge in [-0.2, -0.15) is 0 Å². The van der Waals surface area contributed by atoms with Gasteiger partial charge < -0.3 is 19.5 Å². The van der Waals surface area contributed by atoms with E-state index in [2.05, 4.69) is 5.32 Å². The molecule has 7 heteroatoms. The van der Waals surface area contributed by atoms with Crippen molar-refractivity contribution >= 4 is 23.2 Å². The molecule has 0 radical (unpaired) electrons. The van der Waals surface area contributed by atoms with Gasteiger partial charge >= 0.3 is 0 Å². The third kappa shape index (κ3) is 3.56. The first-order chi connectivity index (χ1) is 12.5. The number of nitrogens with zero attached hydrogens (tertiary/aromatic N) is 1. The monoisotopic (exact) mass is 356 g/mol. The van der Waals surface area contributed by atoms with Gasteiger partial charge in [0.1, 0.15) is 12.3 Å². The molecule has 136 valence electrons. The van der Waals surface area contributed by atoms with Crippen LogP contribution in [0, 0.1) is 6.92 Å². The molecule has 1 N–H and O–H groups in total. The quantitative estimate of drug-likeness (QED) is 0.890. The Bertz CT molecular complexity index is 850. The molecule has 0 saturated heterocycles. The van der Waals surface area contributed by atoms with Crippen LogP contribution in [-0.4, -0.2) is 39.2 Å². The number of anilines is 2. The van der Waals surface area contributed by atoms with Crippen LogP contribution in [0.4, 0.5) is 11.4 Å². The van der Waals surface area contributed by atoms with Gasteiger partial charge in [0.25, 0.3) is 5.91 Å². The van der Waals surface area contributed by atoms with Gasteiger partial charge in [-0.15, -0.1) is 0 Å². The smallest absolute Gasteiger partial charge is 0.265 e. The number of carbonyl (C=O) groups excluding carboxylic acids is 2. The molecular formula is C19H20N2O5. The molecule has 26 heavy (non-hydrogen) atoms. The summed E-state index contributed by atoms with van der Waals surface area (Å²) in [4.78, 5) is 26.1. The van der Waals surface area contributed by atoms with Crippen molar-refractivity contribution < 1.29 is 23.8 Å². The number of hydrogen-bond donors (Lipinski definition) is 1.